The molecule has 120 valence electrons. The highest BCUT2D eigenvalue weighted by atomic mass is 15.2. The smallest absolute Gasteiger partial charge is 0.137 e. The van der Waals surface area contributed by atoms with Crippen LogP contribution in [0.5, 0.6) is 0 Å². The molecular weight excluding hydrogens is 286 g/mol. The highest BCUT2D eigenvalue weighted by Crippen LogP contribution is 2.29. The van der Waals surface area contributed by atoms with Gasteiger partial charge in [0.25, 0.3) is 0 Å². The van der Waals surface area contributed by atoms with Crippen LogP contribution >= 0.6 is 0 Å². The van der Waals surface area contributed by atoms with Crippen LogP contribution in [0.25, 0.3) is 11.0 Å². The maximum absolute atomic E-state index is 4.42. The van der Waals surface area contributed by atoms with Gasteiger partial charge in [-0.2, -0.15) is 0 Å². The zero-order valence-corrected chi connectivity index (χ0v) is 13.6. The maximum atomic E-state index is 4.42. The van der Waals surface area contributed by atoms with Crippen LogP contribution in [0.1, 0.15) is 37.1 Å². The number of hydrogen-bond donors (Lipinski definition) is 1. The molecular formula is C18H23N5. The molecule has 3 aromatic heterocycles. The number of fused-ring (bicyclic) bond motifs is 1. The second-order valence-electron chi connectivity index (χ2n) is 6.41. The van der Waals surface area contributed by atoms with Gasteiger partial charge in [-0.15, -0.1) is 0 Å². The Hall–Kier alpha value is -2.14. The lowest BCUT2D eigenvalue weighted by Crippen LogP contribution is -2.34. The molecule has 4 heterocycles. The number of aromatic amines is 1. The highest BCUT2D eigenvalue weighted by molar-refractivity contribution is 5.76. The fraction of sp³-hybridized carbons (Fsp3) is 0.444. The maximum Gasteiger partial charge on any atom is 0.137 e. The lowest BCUT2D eigenvalue weighted by Gasteiger charge is -2.32. The Morgan fingerprint density at radius 1 is 1.39 bits per heavy atom. The van der Waals surface area contributed by atoms with E-state index in [9.17, 15) is 0 Å². The van der Waals surface area contributed by atoms with Gasteiger partial charge in [-0.1, -0.05) is 0 Å². The Morgan fingerprint density at radius 3 is 3.22 bits per heavy atom. The molecule has 1 fully saturated rings. The number of nitrogens with zero attached hydrogens (tertiary/aromatic N) is 4. The first kappa shape index (κ1) is 14.5. The standard InChI is InChI=1S/C18H23N5/c1-2-23-13-19-10-16(23)12-22-8-4-6-15(11-22)17-9-14-5-3-7-20-18(14)21-17/h3,5,7,9-10,13,15H,2,4,6,8,11-12H2,1H3,(H,20,21)/t15-/m0/s1. The topological polar surface area (TPSA) is 49.7 Å². The van der Waals surface area contributed by atoms with E-state index in [0.29, 0.717) is 5.92 Å². The largest absolute Gasteiger partial charge is 0.343 e. The van der Waals surface area contributed by atoms with E-state index in [1.54, 1.807) is 0 Å². The van der Waals surface area contributed by atoms with Crippen LogP contribution in [0.3, 0.4) is 0 Å². The van der Waals surface area contributed by atoms with E-state index in [1.165, 1.54) is 36.2 Å². The van der Waals surface area contributed by atoms with Crippen LogP contribution in [-0.4, -0.2) is 37.5 Å². The van der Waals surface area contributed by atoms with Gasteiger partial charge in [0.1, 0.15) is 5.65 Å². The molecule has 4 rings (SSSR count). The summed E-state index contributed by atoms with van der Waals surface area (Å²) >= 11 is 0. The number of likely N-dealkylation sites (tertiary alicyclic amines) is 1. The molecule has 0 amide bonds. The number of imidazole rings is 1. The van der Waals surface area contributed by atoms with Gasteiger partial charge in [-0.3, -0.25) is 4.90 Å². The third-order valence-electron chi connectivity index (χ3n) is 4.88. The number of aromatic nitrogens is 4. The molecule has 1 saturated heterocycles. The normalized spacial score (nSPS) is 19.4. The Balaban J connectivity index is 1.50. The summed E-state index contributed by atoms with van der Waals surface area (Å²) in [5.74, 6) is 0.566. The molecule has 0 unspecified atom stereocenters. The van der Waals surface area contributed by atoms with E-state index in [0.717, 1.165) is 25.3 Å². The van der Waals surface area contributed by atoms with Crippen molar-refractivity contribution < 1.29 is 0 Å². The average molecular weight is 309 g/mol. The van der Waals surface area contributed by atoms with Crippen molar-refractivity contribution in [2.24, 2.45) is 0 Å². The molecule has 0 bridgehead atoms. The van der Waals surface area contributed by atoms with Crippen molar-refractivity contribution in [1.29, 1.82) is 0 Å². The number of H-pyrrole nitrogens is 1. The molecule has 1 aliphatic rings. The minimum Gasteiger partial charge on any atom is -0.343 e. The molecule has 0 aromatic carbocycles. The van der Waals surface area contributed by atoms with Gasteiger partial charge >= 0.3 is 0 Å². The minimum absolute atomic E-state index is 0.566. The molecule has 0 aliphatic carbocycles. The molecule has 1 aliphatic heterocycles. The summed E-state index contributed by atoms with van der Waals surface area (Å²) in [6, 6.07) is 6.40. The van der Waals surface area contributed by atoms with Gasteiger partial charge in [0.15, 0.2) is 0 Å². The van der Waals surface area contributed by atoms with Crippen molar-refractivity contribution in [3.05, 3.63) is 48.3 Å². The predicted octanol–water partition coefficient (Wildman–Crippen LogP) is 3.16. The van der Waals surface area contributed by atoms with Gasteiger partial charge in [0, 0.05) is 49.0 Å². The number of pyridine rings is 1. The van der Waals surface area contributed by atoms with E-state index in [-0.39, 0.29) is 0 Å². The van der Waals surface area contributed by atoms with Crippen LogP contribution in [-0.2, 0) is 13.1 Å². The van der Waals surface area contributed by atoms with E-state index < -0.39 is 0 Å². The molecule has 3 aromatic rings. The number of piperidine rings is 1. The van der Waals surface area contributed by atoms with Crippen molar-refractivity contribution in [2.45, 2.75) is 38.8 Å². The molecule has 0 radical (unpaired) electrons. The fourth-order valence-corrected chi connectivity index (χ4v) is 3.65. The quantitative estimate of drug-likeness (QED) is 0.805. The third kappa shape index (κ3) is 2.88. The zero-order chi connectivity index (χ0) is 15.6. The van der Waals surface area contributed by atoms with Gasteiger partial charge < -0.3 is 9.55 Å². The molecule has 5 nitrogen and oxygen atoms in total. The first-order valence-corrected chi connectivity index (χ1v) is 8.48. The lowest BCUT2D eigenvalue weighted by molar-refractivity contribution is 0.194. The molecule has 23 heavy (non-hydrogen) atoms. The zero-order valence-electron chi connectivity index (χ0n) is 13.6. The highest BCUT2D eigenvalue weighted by Gasteiger charge is 2.23. The molecule has 5 heteroatoms. The van der Waals surface area contributed by atoms with E-state index >= 15 is 0 Å². The Morgan fingerprint density at radius 2 is 2.35 bits per heavy atom. The predicted molar refractivity (Wildman–Crippen MR) is 91.2 cm³/mol. The third-order valence-corrected chi connectivity index (χ3v) is 4.88. The van der Waals surface area contributed by atoms with Crippen molar-refractivity contribution >= 4 is 11.0 Å². The second kappa shape index (κ2) is 6.16. The Kier molecular flexibility index (Phi) is 3.87. The first-order chi connectivity index (χ1) is 11.3. The van der Waals surface area contributed by atoms with E-state index in [4.69, 9.17) is 0 Å². The van der Waals surface area contributed by atoms with Crippen LogP contribution in [0.4, 0.5) is 0 Å². The summed E-state index contributed by atoms with van der Waals surface area (Å²) in [6.45, 7) is 6.41. The number of rotatable bonds is 4. The van der Waals surface area contributed by atoms with Crippen LogP contribution in [0.15, 0.2) is 36.9 Å². The van der Waals surface area contributed by atoms with Crippen molar-refractivity contribution in [3.8, 4) is 0 Å². The summed E-state index contributed by atoms with van der Waals surface area (Å²) in [5.41, 5.74) is 3.64. The van der Waals surface area contributed by atoms with Gasteiger partial charge in [0.05, 0.1) is 12.0 Å². The minimum atomic E-state index is 0.566. The van der Waals surface area contributed by atoms with Crippen molar-refractivity contribution in [1.82, 2.24) is 24.4 Å². The van der Waals surface area contributed by atoms with Crippen molar-refractivity contribution in [3.63, 3.8) is 0 Å². The number of nitrogens with one attached hydrogen (secondary N) is 1. The van der Waals surface area contributed by atoms with Gasteiger partial charge in [-0.05, 0) is 44.5 Å². The summed E-state index contributed by atoms with van der Waals surface area (Å²) < 4.78 is 2.23. The van der Waals surface area contributed by atoms with Gasteiger partial charge in [-0.25, -0.2) is 9.97 Å². The van der Waals surface area contributed by atoms with Crippen LogP contribution < -0.4 is 0 Å². The van der Waals surface area contributed by atoms with Crippen molar-refractivity contribution in [2.75, 3.05) is 13.1 Å². The summed E-state index contributed by atoms with van der Waals surface area (Å²) in [4.78, 5) is 14.8. The average Bonchev–Trinajstić information content (AvgIpc) is 3.21. The molecule has 1 atom stereocenters. The summed E-state index contributed by atoms with van der Waals surface area (Å²) in [6.07, 6.45) is 8.27. The first-order valence-electron chi connectivity index (χ1n) is 8.48. The Bertz CT molecular complexity index is 754. The summed E-state index contributed by atoms with van der Waals surface area (Å²) in [5, 5.41) is 1.21. The fourth-order valence-electron chi connectivity index (χ4n) is 3.65. The van der Waals surface area contributed by atoms with Crippen LogP contribution in [0, 0.1) is 0 Å². The lowest BCUT2D eigenvalue weighted by atomic mass is 9.94. The second-order valence-corrected chi connectivity index (χ2v) is 6.41. The van der Waals surface area contributed by atoms with E-state index in [1.807, 2.05) is 24.8 Å². The number of aryl methyl sites for hydroxylation is 1. The van der Waals surface area contributed by atoms with Crippen LogP contribution in [0.2, 0.25) is 0 Å². The Labute approximate surface area is 136 Å². The molecule has 0 saturated carbocycles. The van der Waals surface area contributed by atoms with E-state index in [2.05, 4.69) is 43.5 Å². The monoisotopic (exact) mass is 309 g/mol. The SMILES string of the molecule is CCn1cncc1CN1CCC[C@H](c2cc3cccnc3[nH]2)C1. The molecule has 1 N–H and O–H groups in total. The number of hydrogen-bond acceptors (Lipinski definition) is 3. The molecule has 0 spiro atoms. The van der Waals surface area contributed by atoms with Gasteiger partial charge in [0.2, 0.25) is 0 Å². The summed E-state index contributed by atoms with van der Waals surface area (Å²) in [7, 11) is 0.